The van der Waals surface area contributed by atoms with Gasteiger partial charge in [0.05, 0.1) is 18.0 Å². The van der Waals surface area contributed by atoms with Gasteiger partial charge < -0.3 is 10.1 Å². The zero-order valence-corrected chi connectivity index (χ0v) is 17.4. The van der Waals surface area contributed by atoms with Crippen molar-refractivity contribution < 1.29 is 14.3 Å². The summed E-state index contributed by atoms with van der Waals surface area (Å²) in [5.74, 6) is -0.212. The van der Waals surface area contributed by atoms with Gasteiger partial charge in [0, 0.05) is 18.1 Å². The molecule has 0 unspecified atom stereocenters. The van der Waals surface area contributed by atoms with E-state index in [0.717, 1.165) is 5.56 Å². The van der Waals surface area contributed by atoms with Crippen LogP contribution in [0.5, 0.6) is 5.75 Å². The Labute approximate surface area is 178 Å². The molecule has 3 rings (SSSR count). The summed E-state index contributed by atoms with van der Waals surface area (Å²) < 4.78 is 5.26. The molecule has 1 saturated heterocycles. The molecule has 0 aromatic heterocycles. The van der Waals surface area contributed by atoms with E-state index in [2.05, 4.69) is 5.32 Å². The van der Waals surface area contributed by atoms with Gasteiger partial charge >= 0.3 is 0 Å². The number of ether oxygens (including phenoxy) is 1. The molecule has 1 atom stereocenters. The van der Waals surface area contributed by atoms with Crippen molar-refractivity contribution in [2.24, 2.45) is 0 Å². The highest BCUT2D eigenvalue weighted by molar-refractivity contribution is 8.05. The number of likely N-dealkylation sites (N-methyl/N-ethyl adjacent to an activating group) is 1. The lowest BCUT2D eigenvalue weighted by atomic mass is 10.1. The number of nitrogens with one attached hydrogen (secondary N) is 1. The van der Waals surface area contributed by atoms with E-state index >= 15 is 0 Å². The zero-order chi connectivity index (χ0) is 21.0. The molecule has 0 saturated carbocycles. The molecule has 1 N–H and O–H groups in total. The normalized spacial score (nSPS) is 17.7. The van der Waals surface area contributed by atoms with Gasteiger partial charge in [0.2, 0.25) is 5.91 Å². The average molecular weight is 428 g/mol. The van der Waals surface area contributed by atoms with E-state index in [1.165, 1.54) is 30.8 Å². The Morgan fingerprint density at radius 3 is 2.72 bits per heavy atom. The highest BCUT2D eigenvalue weighted by Gasteiger charge is 2.41. The topological polar surface area (TPSA) is 82.4 Å². The van der Waals surface area contributed by atoms with Crippen LogP contribution in [0.25, 0.3) is 0 Å². The third kappa shape index (κ3) is 4.24. The Morgan fingerprint density at radius 2 is 2.07 bits per heavy atom. The van der Waals surface area contributed by atoms with Crippen molar-refractivity contribution in [3.8, 4) is 11.8 Å². The summed E-state index contributed by atoms with van der Waals surface area (Å²) >= 11 is 7.45. The number of benzene rings is 2. The van der Waals surface area contributed by atoms with Crippen molar-refractivity contribution in [2.75, 3.05) is 19.1 Å². The first kappa shape index (κ1) is 20.8. The number of hydrogen-bond donors (Lipinski definition) is 1. The van der Waals surface area contributed by atoms with Crippen molar-refractivity contribution in [3.05, 3.63) is 69.7 Å². The third-order valence-corrected chi connectivity index (χ3v) is 6.04. The van der Waals surface area contributed by atoms with Crippen molar-refractivity contribution in [2.45, 2.75) is 11.7 Å². The van der Waals surface area contributed by atoms with Crippen LogP contribution in [-0.2, 0) is 16.0 Å². The number of hydrogen-bond acceptors (Lipinski definition) is 5. The minimum atomic E-state index is -0.547. The molecule has 1 aliphatic heterocycles. The minimum Gasteiger partial charge on any atom is -0.497 e. The number of carbonyl (C=O) groups is 2. The van der Waals surface area contributed by atoms with Crippen molar-refractivity contribution >= 4 is 40.9 Å². The first-order valence-electron chi connectivity index (χ1n) is 8.74. The quantitative estimate of drug-likeness (QED) is 0.583. The summed E-state index contributed by atoms with van der Waals surface area (Å²) in [6, 6.07) is 16.2. The van der Waals surface area contributed by atoms with Crippen LogP contribution in [0.1, 0.15) is 5.56 Å². The molecule has 2 aromatic rings. The van der Waals surface area contributed by atoms with Crippen LogP contribution in [0.4, 0.5) is 5.69 Å². The first-order valence-corrected chi connectivity index (χ1v) is 10.0. The number of methoxy groups -OCH3 is 1. The van der Waals surface area contributed by atoms with Gasteiger partial charge in [-0.2, -0.15) is 5.26 Å². The Bertz CT molecular complexity index is 1030. The SMILES string of the molecule is CNC(=O)/C(C#N)=C1\S[C@H](Cc2ccccc2Cl)C(=O)N1c1cccc(OC)c1. The van der Waals surface area contributed by atoms with Crippen LogP contribution < -0.4 is 15.0 Å². The van der Waals surface area contributed by atoms with Crippen molar-refractivity contribution in [1.82, 2.24) is 5.32 Å². The van der Waals surface area contributed by atoms with Gasteiger partial charge in [0.15, 0.2) is 0 Å². The lowest BCUT2D eigenvalue weighted by Crippen LogP contribution is -2.31. The smallest absolute Gasteiger partial charge is 0.264 e. The highest BCUT2D eigenvalue weighted by atomic mass is 35.5. The van der Waals surface area contributed by atoms with Gasteiger partial charge in [0.25, 0.3) is 5.91 Å². The first-order chi connectivity index (χ1) is 14.0. The second-order valence-electron chi connectivity index (χ2n) is 6.15. The molecule has 6 nitrogen and oxygen atoms in total. The summed E-state index contributed by atoms with van der Waals surface area (Å²) in [6.07, 6.45) is 0.375. The summed E-state index contributed by atoms with van der Waals surface area (Å²) in [7, 11) is 2.97. The number of carbonyl (C=O) groups excluding carboxylic acids is 2. The lowest BCUT2D eigenvalue weighted by Gasteiger charge is -2.19. The summed E-state index contributed by atoms with van der Waals surface area (Å²) in [5.41, 5.74) is 1.23. The summed E-state index contributed by atoms with van der Waals surface area (Å²) in [5, 5.41) is 12.4. The molecule has 0 radical (unpaired) electrons. The maximum Gasteiger partial charge on any atom is 0.264 e. The lowest BCUT2D eigenvalue weighted by molar-refractivity contribution is -0.117. The number of anilines is 1. The number of nitrogens with zero attached hydrogens (tertiary/aromatic N) is 2. The zero-order valence-electron chi connectivity index (χ0n) is 15.8. The van der Waals surface area contributed by atoms with E-state index in [4.69, 9.17) is 16.3 Å². The molecular formula is C21H18ClN3O3S. The number of amides is 2. The van der Waals surface area contributed by atoms with E-state index < -0.39 is 11.2 Å². The Kier molecular flexibility index (Phi) is 6.47. The molecule has 29 heavy (non-hydrogen) atoms. The molecule has 0 bridgehead atoms. The molecular weight excluding hydrogens is 410 g/mol. The summed E-state index contributed by atoms with van der Waals surface area (Å²) in [6.45, 7) is 0. The largest absolute Gasteiger partial charge is 0.497 e. The number of nitriles is 1. The van der Waals surface area contributed by atoms with Crippen LogP contribution in [0.15, 0.2) is 59.1 Å². The van der Waals surface area contributed by atoms with Gasteiger partial charge in [-0.05, 0) is 30.2 Å². The Hall–Kier alpha value is -2.95. The third-order valence-electron chi connectivity index (χ3n) is 4.41. The van der Waals surface area contributed by atoms with Crippen LogP contribution >= 0.6 is 23.4 Å². The molecule has 0 spiro atoms. The van der Waals surface area contributed by atoms with E-state index in [0.29, 0.717) is 27.9 Å². The number of rotatable bonds is 5. The standard InChI is InChI=1S/C21H18ClN3O3S/c1-24-19(26)16(12-23)21-25(14-7-5-8-15(11-14)28-2)20(27)18(29-21)10-13-6-3-4-9-17(13)22/h3-9,11,18H,10H2,1-2H3,(H,24,26)/b21-16-/t18-/m1/s1. The van der Waals surface area contributed by atoms with E-state index in [9.17, 15) is 14.9 Å². The second-order valence-corrected chi connectivity index (χ2v) is 7.75. The fraction of sp³-hybridized carbons (Fsp3) is 0.190. The maximum absolute atomic E-state index is 13.3. The minimum absolute atomic E-state index is 0.115. The number of halogens is 1. The van der Waals surface area contributed by atoms with Crippen molar-refractivity contribution in [3.63, 3.8) is 0 Å². The number of thioether (sulfide) groups is 1. The predicted octanol–water partition coefficient (Wildman–Crippen LogP) is 3.52. The van der Waals surface area contributed by atoms with Crippen LogP contribution in [0, 0.1) is 11.3 Å². The highest BCUT2D eigenvalue weighted by Crippen LogP contribution is 2.43. The fourth-order valence-electron chi connectivity index (χ4n) is 2.96. The monoisotopic (exact) mass is 427 g/mol. The van der Waals surface area contributed by atoms with Gasteiger partial charge in [-0.3, -0.25) is 14.5 Å². The molecule has 8 heteroatoms. The van der Waals surface area contributed by atoms with Crippen LogP contribution in [0.3, 0.4) is 0 Å². The average Bonchev–Trinajstić information content (AvgIpc) is 3.05. The predicted molar refractivity (Wildman–Crippen MR) is 114 cm³/mol. The fourth-order valence-corrected chi connectivity index (χ4v) is 4.47. The molecule has 1 fully saturated rings. The molecule has 2 amide bonds. The molecule has 148 valence electrons. The molecule has 2 aromatic carbocycles. The Balaban J connectivity index is 2.08. The second kappa shape index (κ2) is 9.03. The van der Waals surface area contributed by atoms with E-state index in [-0.39, 0.29) is 11.5 Å². The van der Waals surface area contributed by atoms with Gasteiger partial charge in [-0.15, -0.1) is 0 Å². The van der Waals surface area contributed by atoms with E-state index in [1.807, 2.05) is 24.3 Å². The molecule has 1 heterocycles. The maximum atomic E-state index is 13.3. The van der Waals surface area contributed by atoms with Crippen molar-refractivity contribution in [1.29, 1.82) is 5.26 Å². The van der Waals surface area contributed by atoms with E-state index in [1.54, 1.807) is 30.3 Å². The van der Waals surface area contributed by atoms with Crippen LogP contribution in [-0.4, -0.2) is 31.2 Å². The Morgan fingerprint density at radius 1 is 1.31 bits per heavy atom. The molecule has 1 aliphatic rings. The molecule has 0 aliphatic carbocycles. The summed E-state index contributed by atoms with van der Waals surface area (Å²) in [4.78, 5) is 27.0. The van der Waals surface area contributed by atoms with Crippen LogP contribution in [0.2, 0.25) is 5.02 Å². The van der Waals surface area contributed by atoms with Gasteiger partial charge in [-0.1, -0.05) is 47.6 Å². The van der Waals surface area contributed by atoms with Gasteiger partial charge in [0.1, 0.15) is 22.4 Å². The van der Waals surface area contributed by atoms with Gasteiger partial charge in [-0.25, -0.2) is 0 Å².